The van der Waals surface area contributed by atoms with E-state index in [1.54, 1.807) is 12.1 Å². The molecular formula is C20H27N3O6S3. The minimum Gasteiger partial charge on any atom is -0.492 e. The second-order valence-electron chi connectivity index (χ2n) is 6.89. The molecule has 0 aliphatic rings. The number of likely N-dealkylation sites (N-methyl/N-ethyl adjacent to an activating group) is 1. The van der Waals surface area contributed by atoms with Gasteiger partial charge < -0.3 is 10.1 Å². The quantitative estimate of drug-likeness (QED) is 0.366. The summed E-state index contributed by atoms with van der Waals surface area (Å²) < 4.78 is 56.9. The van der Waals surface area contributed by atoms with Gasteiger partial charge in [0, 0.05) is 26.0 Å². The first-order valence-electron chi connectivity index (χ1n) is 9.51. The first kappa shape index (κ1) is 26.1. The van der Waals surface area contributed by atoms with Crippen molar-refractivity contribution in [2.45, 2.75) is 14.7 Å². The predicted octanol–water partition coefficient (Wildman–Crippen LogP) is 1.47. The van der Waals surface area contributed by atoms with Crippen LogP contribution in [0.5, 0.6) is 5.75 Å². The molecule has 0 spiro atoms. The van der Waals surface area contributed by atoms with Crippen molar-refractivity contribution < 1.29 is 26.4 Å². The largest absolute Gasteiger partial charge is 0.492 e. The van der Waals surface area contributed by atoms with Crippen molar-refractivity contribution in [3.63, 3.8) is 0 Å². The minimum absolute atomic E-state index is 0.119. The maximum absolute atomic E-state index is 12.6. The summed E-state index contributed by atoms with van der Waals surface area (Å²) in [6.07, 6.45) is 1.90. The van der Waals surface area contributed by atoms with E-state index < -0.39 is 26.0 Å². The molecular weight excluding hydrogens is 474 g/mol. The van der Waals surface area contributed by atoms with Gasteiger partial charge in [-0.05, 0) is 54.8 Å². The van der Waals surface area contributed by atoms with Crippen LogP contribution in [0.25, 0.3) is 0 Å². The van der Waals surface area contributed by atoms with E-state index in [-0.39, 0.29) is 29.5 Å². The smallest absolute Gasteiger partial charge is 0.243 e. The Morgan fingerprint density at radius 2 is 1.44 bits per heavy atom. The number of ether oxygens (including phenoxy) is 1. The van der Waals surface area contributed by atoms with E-state index in [0.29, 0.717) is 5.75 Å². The summed E-state index contributed by atoms with van der Waals surface area (Å²) in [4.78, 5) is 13.3. The summed E-state index contributed by atoms with van der Waals surface area (Å²) in [5.41, 5.74) is 0. The van der Waals surface area contributed by atoms with Gasteiger partial charge in [0.1, 0.15) is 12.4 Å². The monoisotopic (exact) mass is 501 g/mol. The fourth-order valence-corrected chi connectivity index (χ4v) is 4.99. The van der Waals surface area contributed by atoms with E-state index in [4.69, 9.17) is 4.74 Å². The van der Waals surface area contributed by atoms with Crippen LogP contribution in [0, 0.1) is 0 Å². The normalized spacial score (nSPS) is 12.2. The highest BCUT2D eigenvalue weighted by Gasteiger charge is 2.22. The maximum Gasteiger partial charge on any atom is 0.243 e. The topological polar surface area (TPSA) is 113 Å². The summed E-state index contributed by atoms with van der Waals surface area (Å²) >= 11 is 1.51. The molecule has 0 bridgehead atoms. The molecule has 0 saturated heterocycles. The lowest BCUT2D eigenvalue weighted by molar-refractivity contribution is -0.121. The molecule has 1 N–H and O–H groups in total. The Morgan fingerprint density at radius 1 is 0.906 bits per heavy atom. The molecule has 0 aliphatic carbocycles. The Bertz CT molecular complexity index is 1120. The molecule has 2 rings (SSSR count). The van der Waals surface area contributed by atoms with Crippen molar-refractivity contribution in [3.8, 4) is 5.75 Å². The molecule has 0 heterocycles. The lowest BCUT2D eigenvalue weighted by Gasteiger charge is -2.17. The Kier molecular flexibility index (Phi) is 9.10. The number of carbonyl (C=O) groups excluding carboxylic acids is 1. The number of sulfonamides is 2. The second-order valence-corrected chi connectivity index (χ2v) is 12.0. The molecule has 0 atom stereocenters. The molecule has 0 aromatic heterocycles. The molecule has 2 aromatic carbocycles. The van der Waals surface area contributed by atoms with Crippen molar-refractivity contribution in [2.75, 3.05) is 47.1 Å². The van der Waals surface area contributed by atoms with Gasteiger partial charge in [-0.15, -0.1) is 11.8 Å². The second kappa shape index (κ2) is 11.1. The molecule has 2 aromatic rings. The molecule has 0 aliphatic heterocycles. The average molecular weight is 502 g/mol. The summed E-state index contributed by atoms with van der Waals surface area (Å²) in [5, 5.41) is 2.60. The van der Waals surface area contributed by atoms with Gasteiger partial charge in [0.25, 0.3) is 0 Å². The summed E-state index contributed by atoms with van der Waals surface area (Å²) in [6, 6.07) is 12.4. The summed E-state index contributed by atoms with van der Waals surface area (Å²) in [6.45, 7) is -0.0330. The van der Waals surface area contributed by atoms with Gasteiger partial charge in [0.2, 0.25) is 26.0 Å². The molecule has 1 amide bonds. The number of carbonyl (C=O) groups is 1. The van der Waals surface area contributed by atoms with E-state index in [0.717, 1.165) is 13.5 Å². The number of nitrogens with one attached hydrogen (secondary N) is 1. The van der Waals surface area contributed by atoms with Gasteiger partial charge >= 0.3 is 0 Å². The van der Waals surface area contributed by atoms with Crippen LogP contribution in [0.3, 0.4) is 0 Å². The minimum atomic E-state index is -3.78. The van der Waals surface area contributed by atoms with Crippen LogP contribution < -0.4 is 10.1 Å². The SMILES string of the molecule is CSc1ccc(S(=O)(=O)N(C)CC(=O)NCCOc2ccc(S(=O)(=O)N(C)C)cc2)cc1. The third-order valence-corrected chi connectivity index (χ3v) is 8.82. The first-order valence-corrected chi connectivity index (χ1v) is 13.6. The summed E-state index contributed by atoms with van der Waals surface area (Å²) in [5.74, 6) is -0.0156. The maximum atomic E-state index is 12.6. The predicted molar refractivity (Wildman–Crippen MR) is 124 cm³/mol. The molecule has 0 fully saturated rings. The van der Waals surface area contributed by atoms with Crippen molar-refractivity contribution in [1.82, 2.24) is 13.9 Å². The third kappa shape index (κ3) is 6.69. The Morgan fingerprint density at radius 3 is 1.97 bits per heavy atom. The van der Waals surface area contributed by atoms with Gasteiger partial charge in [-0.25, -0.2) is 21.1 Å². The van der Waals surface area contributed by atoms with Crippen molar-refractivity contribution in [1.29, 1.82) is 0 Å². The number of thioether (sulfide) groups is 1. The van der Waals surface area contributed by atoms with Gasteiger partial charge in [-0.1, -0.05) is 0 Å². The van der Waals surface area contributed by atoms with Crippen molar-refractivity contribution in [2.24, 2.45) is 0 Å². The number of hydrogen-bond acceptors (Lipinski definition) is 7. The van der Waals surface area contributed by atoms with Crippen LogP contribution in [0.1, 0.15) is 0 Å². The van der Waals surface area contributed by atoms with E-state index in [9.17, 15) is 21.6 Å². The fraction of sp³-hybridized carbons (Fsp3) is 0.350. The molecule has 9 nitrogen and oxygen atoms in total. The van der Waals surface area contributed by atoms with Crippen LogP contribution >= 0.6 is 11.8 Å². The van der Waals surface area contributed by atoms with E-state index in [2.05, 4.69) is 5.32 Å². The lowest BCUT2D eigenvalue weighted by Crippen LogP contribution is -2.39. The first-order chi connectivity index (χ1) is 15.0. The zero-order valence-corrected chi connectivity index (χ0v) is 20.8. The number of rotatable bonds is 11. The number of nitrogens with zero attached hydrogens (tertiary/aromatic N) is 2. The molecule has 0 radical (unpaired) electrons. The van der Waals surface area contributed by atoms with Gasteiger partial charge in [-0.2, -0.15) is 4.31 Å². The fourth-order valence-electron chi connectivity index (χ4n) is 2.55. The Labute approximate surface area is 193 Å². The standard InChI is InChI=1S/C20H27N3O6S3/c1-22(2)31(25,26)18-9-5-16(6-10-18)29-14-13-21-20(24)15-23(3)32(27,28)19-11-7-17(30-4)8-12-19/h5-12H,13-15H2,1-4H3,(H,21,24). The average Bonchev–Trinajstić information content (AvgIpc) is 2.76. The van der Waals surface area contributed by atoms with Crippen LogP contribution in [0.15, 0.2) is 63.2 Å². The van der Waals surface area contributed by atoms with E-state index >= 15 is 0 Å². The summed E-state index contributed by atoms with van der Waals surface area (Å²) in [7, 11) is -3.04. The number of hydrogen-bond donors (Lipinski definition) is 1. The van der Waals surface area contributed by atoms with E-state index in [1.807, 2.05) is 6.26 Å². The third-order valence-electron chi connectivity index (χ3n) is 4.43. The van der Waals surface area contributed by atoms with Crippen LogP contribution in [-0.4, -0.2) is 78.4 Å². The Hall–Kier alpha value is -2.12. The van der Waals surface area contributed by atoms with Gasteiger partial charge in [0.05, 0.1) is 22.9 Å². The van der Waals surface area contributed by atoms with Gasteiger partial charge in [-0.3, -0.25) is 4.79 Å². The van der Waals surface area contributed by atoms with Crippen molar-refractivity contribution in [3.05, 3.63) is 48.5 Å². The van der Waals surface area contributed by atoms with E-state index in [1.165, 1.54) is 69.3 Å². The van der Waals surface area contributed by atoms with Crippen LogP contribution in [0.2, 0.25) is 0 Å². The lowest BCUT2D eigenvalue weighted by atomic mass is 10.3. The number of amides is 1. The van der Waals surface area contributed by atoms with Crippen molar-refractivity contribution >= 4 is 37.7 Å². The Balaban J connectivity index is 1.81. The highest BCUT2D eigenvalue weighted by Crippen LogP contribution is 2.20. The highest BCUT2D eigenvalue weighted by atomic mass is 32.2. The molecule has 12 heteroatoms. The zero-order chi connectivity index (χ0) is 23.9. The molecule has 0 unspecified atom stereocenters. The molecule has 176 valence electrons. The zero-order valence-electron chi connectivity index (χ0n) is 18.3. The number of benzene rings is 2. The van der Waals surface area contributed by atoms with Crippen LogP contribution in [0.4, 0.5) is 0 Å². The van der Waals surface area contributed by atoms with Gasteiger partial charge in [0.15, 0.2) is 0 Å². The highest BCUT2D eigenvalue weighted by molar-refractivity contribution is 7.98. The molecule has 32 heavy (non-hydrogen) atoms. The van der Waals surface area contributed by atoms with Crippen LogP contribution in [-0.2, 0) is 24.8 Å². The molecule has 0 saturated carbocycles.